The van der Waals surface area contributed by atoms with Crippen LogP contribution in [0.2, 0.25) is 0 Å². The molecule has 2 aromatic carbocycles. The lowest BCUT2D eigenvalue weighted by Crippen LogP contribution is -2.51. The molecule has 0 radical (unpaired) electrons. The molecule has 2 aromatic rings. The van der Waals surface area contributed by atoms with Crippen LogP contribution in [0.5, 0.6) is 0 Å². The maximum absolute atomic E-state index is 12.5. The summed E-state index contributed by atoms with van der Waals surface area (Å²) in [7, 11) is 2.93. The Morgan fingerprint density at radius 2 is 1.45 bits per heavy atom. The van der Waals surface area contributed by atoms with Crippen molar-refractivity contribution in [3.8, 4) is 11.8 Å². The molecule has 0 spiro atoms. The topological polar surface area (TPSA) is 81.1 Å². The molecule has 162 valence electrons. The molecule has 1 saturated heterocycles. The van der Waals surface area contributed by atoms with E-state index in [4.69, 9.17) is 0 Å². The lowest BCUT2D eigenvalue weighted by Gasteiger charge is -2.34. The highest BCUT2D eigenvalue weighted by Gasteiger charge is 2.35. The number of carbonyl (C=O) groups is 2. The van der Waals surface area contributed by atoms with Crippen molar-refractivity contribution in [3.63, 3.8) is 0 Å². The molecule has 0 bridgehead atoms. The number of piperidine rings is 1. The largest absolute Gasteiger partial charge is 0.380 e. The Morgan fingerprint density at radius 1 is 0.903 bits per heavy atom. The predicted octanol–water partition coefficient (Wildman–Crippen LogP) is 1.60. The molecule has 6 heteroatoms. The van der Waals surface area contributed by atoms with E-state index in [1.165, 1.54) is 24.6 Å². The molecule has 1 fully saturated rings. The summed E-state index contributed by atoms with van der Waals surface area (Å²) < 4.78 is 0. The van der Waals surface area contributed by atoms with Gasteiger partial charge in [-0.3, -0.25) is 9.59 Å². The van der Waals surface area contributed by atoms with Gasteiger partial charge in [0.1, 0.15) is 0 Å². The first-order chi connectivity index (χ1) is 14.9. The summed E-state index contributed by atoms with van der Waals surface area (Å²) in [6.45, 7) is 0.942. The number of carbonyl (C=O) groups excluding carboxylic acids is 2. The molecule has 3 rings (SSSR count). The highest BCUT2D eigenvalue weighted by Crippen LogP contribution is 2.28. The Morgan fingerprint density at radius 3 is 2.00 bits per heavy atom. The molecule has 6 nitrogen and oxygen atoms in total. The van der Waals surface area contributed by atoms with Crippen molar-refractivity contribution >= 4 is 11.8 Å². The van der Waals surface area contributed by atoms with Crippen molar-refractivity contribution in [3.05, 3.63) is 71.3 Å². The fourth-order valence-corrected chi connectivity index (χ4v) is 3.66. The van der Waals surface area contributed by atoms with Gasteiger partial charge in [0.2, 0.25) is 0 Å². The summed E-state index contributed by atoms with van der Waals surface area (Å²) in [5, 5.41) is 20.0. The number of hydrogen-bond donors (Lipinski definition) is 2. The summed E-state index contributed by atoms with van der Waals surface area (Å²) in [4.78, 5) is 26.9. The first-order valence-electron chi connectivity index (χ1n) is 10.4. The van der Waals surface area contributed by atoms with Crippen molar-refractivity contribution in [1.29, 1.82) is 0 Å². The lowest BCUT2D eigenvalue weighted by molar-refractivity contribution is -0.157. The maximum Gasteiger partial charge on any atom is 0.254 e. The molecule has 0 aliphatic carbocycles. The monoisotopic (exact) mass is 420 g/mol. The zero-order chi connectivity index (χ0) is 22.4. The molecular formula is C25H28N2O4. The van der Waals surface area contributed by atoms with Gasteiger partial charge in [0.25, 0.3) is 11.8 Å². The summed E-state index contributed by atoms with van der Waals surface area (Å²) in [5.74, 6) is 5.33. The molecule has 0 unspecified atom stereocenters. The van der Waals surface area contributed by atoms with Gasteiger partial charge in [0.05, 0.1) is 0 Å². The van der Waals surface area contributed by atoms with Gasteiger partial charge in [0.15, 0.2) is 12.2 Å². The van der Waals surface area contributed by atoms with Gasteiger partial charge in [-0.2, -0.15) is 0 Å². The fraction of sp³-hybridized carbons (Fsp3) is 0.360. The highest BCUT2D eigenvalue weighted by atomic mass is 16.3. The number of benzene rings is 2. The van der Waals surface area contributed by atoms with Crippen LogP contribution in [0.4, 0.5) is 0 Å². The summed E-state index contributed by atoms with van der Waals surface area (Å²) >= 11 is 0. The molecule has 0 aromatic heterocycles. The lowest BCUT2D eigenvalue weighted by atomic mass is 9.88. The Labute approximate surface area is 183 Å². The van der Waals surface area contributed by atoms with Gasteiger partial charge >= 0.3 is 0 Å². The third-order valence-electron chi connectivity index (χ3n) is 5.56. The minimum Gasteiger partial charge on any atom is -0.380 e. The van der Waals surface area contributed by atoms with E-state index in [9.17, 15) is 19.8 Å². The summed E-state index contributed by atoms with van der Waals surface area (Å²) in [6.07, 6.45) is -1.98. The van der Waals surface area contributed by atoms with Crippen LogP contribution in [0.3, 0.4) is 0 Å². The second-order valence-corrected chi connectivity index (χ2v) is 7.96. The van der Waals surface area contributed by atoms with Crippen LogP contribution in [-0.4, -0.2) is 71.2 Å². The van der Waals surface area contributed by atoms with Gasteiger partial charge < -0.3 is 20.0 Å². The molecule has 2 amide bonds. The van der Waals surface area contributed by atoms with Crippen molar-refractivity contribution in [1.82, 2.24) is 9.80 Å². The predicted molar refractivity (Wildman–Crippen MR) is 118 cm³/mol. The van der Waals surface area contributed by atoms with E-state index in [0.29, 0.717) is 19.0 Å². The third kappa shape index (κ3) is 5.72. The van der Waals surface area contributed by atoms with Gasteiger partial charge in [-0.05, 0) is 48.6 Å². The Hall–Kier alpha value is -3.14. The van der Waals surface area contributed by atoms with Crippen LogP contribution in [0.25, 0.3) is 0 Å². The van der Waals surface area contributed by atoms with E-state index < -0.39 is 24.0 Å². The number of likely N-dealkylation sites (N-methyl/N-ethyl adjacent to an activating group) is 1. The van der Waals surface area contributed by atoms with E-state index in [1.54, 1.807) is 0 Å². The molecule has 2 atom stereocenters. The molecule has 31 heavy (non-hydrogen) atoms. The second kappa shape index (κ2) is 10.3. The Balaban J connectivity index is 1.55. The second-order valence-electron chi connectivity index (χ2n) is 7.96. The highest BCUT2D eigenvalue weighted by molar-refractivity contribution is 5.90. The average Bonchev–Trinajstić information content (AvgIpc) is 2.82. The number of aliphatic hydroxyl groups excluding tert-OH is 2. The third-order valence-corrected chi connectivity index (χ3v) is 5.56. The number of aliphatic hydroxyl groups is 2. The minimum atomic E-state index is -1.75. The van der Waals surface area contributed by atoms with Crippen molar-refractivity contribution < 1.29 is 19.8 Å². The van der Waals surface area contributed by atoms with Crippen molar-refractivity contribution in [2.45, 2.75) is 31.0 Å². The zero-order valence-electron chi connectivity index (χ0n) is 17.9. The number of amides is 2. The van der Waals surface area contributed by atoms with Gasteiger partial charge in [-0.1, -0.05) is 42.2 Å². The zero-order valence-corrected chi connectivity index (χ0v) is 17.9. The van der Waals surface area contributed by atoms with Crippen LogP contribution >= 0.6 is 0 Å². The SMILES string of the molecule is CN(C)C(=O)[C@H](O)[C@@H](O)C(=O)N1CCC(c2ccc(C#Cc3ccccc3)cc2)CC1. The first-order valence-corrected chi connectivity index (χ1v) is 10.4. The van der Waals surface area contributed by atoms with Gasteiger partial charge in [-0.25, -0.2) is 0 Å². The van der Waals surface area contributed by atoms with Crippen LogP contribution in [0.15, 0.2) is 54.6 Å². The Kier molecular flexibility index (Phi) is 7.45. The van der Waals surface area contributed by atoms with Crippen molar-refractivity contribution in [2.75, 3.05) is 27.2 Å². The summed E-state index contributed by atoms with van der Waals surface area (Å²) in [6, 6.07) is 18.0. The van der Waals surface area contributed by atoms with Crippen LogP contribution in [0.1, 0.15) is 35.4 Å². The quantitative estimate of drug-likeness (QED) is 0.737. The van der Waals surface area contributed by atoms with E-state index >= 15 is 0 Å². The average molecular weight is 421 g/mol. The maximum atomic E-state index is 12.5. The van der Waals surface area contributed by atoms with Crippen LogP contribution in [-0.2, 0) is 9.59 Å². The fourth-order valence-electron chi connectivity index (χ4n) is 3.66. The standard InChI is InChI=1S/C25H28N2O4/c1-26(2)24(30)22(28)23(29)25(31)27-16-14-21(15-17-27)20-12-10-19(11-13-20)9-8-18-6-4-3-5-7-18/h3-7,10-13,21-23,28-29H,14-17H2,1-2H3/t22-,23-/m1/s1. The number of hydrogen-bond acceptors (Lipinski definition) is 4. The van der Waals surface area contributed by atoms with E-state index in [1.807, 2.05) is 42.5 Å². The normalized spacial score (nSPS) is 16.1. The van der Waals surface area contributed by atoms with Crippen molar-refractivity contribution in [2.24, 2.45) is 0 Å². The number of rotatable bonds is 4. The minimum absolute atomic E-state index is 0.311. The Bertz CT molecular complexity index is 953. The van der Waals surface area contributed by atoms with Crippen LogP contribution < -0.4 is 0 Å². The summed E-state index contributed by atoms with van der Waals surface area (Å²) in [5.41, 5.74) is 3.12. The smallest absolute Gasteiger partial charge is 0.254 e. The number of nitrogens with zero attached hydrogens (tertiary/aromatic N) is 2. The molecule has 1 heterocycles. The van der Waals surface area contributed by atoms with Gasteiger partial charge in [0, 0.05) is 38.3 Å². The molecule has 0 saturated carbocycles. The molecule has 1 aliphatic rings. The van der Waals surface area contributed by atoms with Crippen LogP contribution in [0, 0.1) is 11.8 Å². The number of likely N-dealkylation sites (tertiary alicyclic amines) is 1. The molecule has 2 N–H and O–H groups in total. The molecular weight excluding hydrogens is 392 g/mol. The van der Waals surface area contributed by atoms with E-state index in [2.05, 4.69) is 24.0 Å². The van der Waals surface area contributed by atoms with E-state index in [-0.39, 0.29) is 0 Å². The van der Waals surface area contributed by atoms with Gasteiger partial charge in [-0.15, -0.1) is 0 Å². The molecule has 1 aliphatic heterocycles. The van der Waals surface area contributed by atoms with E-state index in [0.717, 1.165) is 28.9 Å². The first kappa shape index (κ1) is 22.5.